The topological polar surface area (TPSA) is 62.5 Å². The Morgan fingerprint density at radius 3 is 2.41 bits per heavy atom. The molecule has 0 radical (unpaired) electrons. The smallest absolute Gasteiger partial charge is 0.240 e. The van der Waals surface area contributed by atoms with Crippen molar-refractivity contribution in [1.82, 2.24) is 20.0 Å². The number of likely N-dealkylation sites (N-methyl/N-ethyl adjacent to an activating group) is 2. The number of hydrogen-bond acceptors (Lipinski definition) is 5. The molecule has 22 heavy (non-hydrogen) atoms. The van der Waals surface area contributed by atoms with Crippen LogP contribution < -0.4 is 0 Å². The number of nitrogens with zero attached hydrogens (tertiary/aromatic N) is 4. The molecule has 0 saturated heterocycles. The van der Waals surface area contributed by atoms with E-state index in [9.17, 15) is 4.79 Å². The average molecular weight is 302 g/mol. The van der Waals surface area contributed by atoms with Gasteiger partial charge in [-0.25, -0.2) is 0 Å². The minimum absolute atomic E-state index is 0.0321. The van der Waals surface area contributed by atoms with Crippen molar-refractivity contribution in [3.63, 3.8) is 0 Å². The maximum absolute atomic E-state index is 12.7. The van der Waals surface area contributed by atoms with E-state index in [4.69, 9.17) is 4.42 Å². The van der Waals surface area contributed by atoms with E-state index in [0.29, 0.717) is 24.7 Å². The first-order valence-electron chi connectivity index (χ1n) is 7.21. The maximum Gasteiger partial charge on any atom is 0.240 e. The van der Waals surface area contributed by atoms with Gasteiger partial charge in [0, 0.05) is 14.0 Å². The van der Waals surface area contributed by atoms with Crippen LogP contribution in [-0.2, 0) is 17.8 Å². The van der Waals surface area contributed by atoms with Crippen molar-refractivity contribution in [2.75, 3.05) is 21.1 Å². The van der Waals surface area contributed by atoms with Crippen molar-refractivity contribution < 1.29 is 9.21 Å². The SMILES string of the molecule is Cc1nnc(CN(C)C(=O)C(Cc2ccccc2)N(C)C)o1. The van der Waals surface area contributed by atoms with Gasteiger partial charge in [0.1, 0.15) is 0 Å². The van der Waals surface area contributed by atoms with Crippen LogP contribution in [0.1, 0.15) is 17.3 Å². The number of aromatic nitrogens is 2. The molecule has 1 amide bonds. The molecule has 2 rings (SSSR count). The molecule has 6 heteroatoms. The quantitative estimate of drug-likeness (QED) is 0.809. The highest BCUT2D eigenvalue weighted by molar-refractivity contribution is 5.81. The van der Waals surface area contributed by atoms with Crippen LogP contribution in [0, 0.1) is 6.92 Å². The van der Waals surface area contributed by atoms with Crippen molar-refractivity contribution in [3.05, 3.63) is 47.7 Å². The van der Waals surface area contributed by atoms with Crippen molar-refractivity contribution in [1.29, 1.82) is 0 Å². The summed E-state index contributed by atoms with van der Waals surface area (Å²) in [4.78, 5) is 16.3. The lowest BCUT2D eigenvalue weighted by Crippen LogP contribution is -2.45. The van der Waals surface area contributed by atoms with E-state index < -0.39 is 0 Å². The lowest BCUT2D eigenvalue weighted by Gasteiger charge is -2.27. The Morgan fingerprint density at radius 2 is 1.86 bits per heavy atom. The van der Waals surface area contributed by atoms with Gasteiger partial charge in [0.05, 0.1) is 12.6 Å². The number of hydrogen-bond donors (Lipinski definition) is 0. The van der Waals surface area contributed by atoms with Crippen LogP contribution in [0.5, 0.6) is 0 Å². The van der Waals surface area contributed by atoms with Crippen molar-refractivity contribution in [2.24, 2.45) is 0 Å². The molecule has 6 nitrogen and oxygen atoms in total. The molecule has 1 heterocycles. The van der Waals surface area contributed by atoms with Crippen molar-refractivity contribution in [2.45, 2.75) is 25.9 Å². The Kier molecular flexibility index (Phi) is 5.27. The first-order chi connectivity index (χ1) is 10.5. The number of carbonyl (C=O) groups is 1. The largest absolute Gasteiger partial charge is 0.424 e. The zero-order chi connectivity index (χ0) is 16.1. The fourth-order valence-corrected chi connectivity index (χ4v) is 2.26. The molecular weight excluding hydrogens is 280 g/mol. The predicted octanol–water partition coefficient (Wildman–Crippen LogP) is 1.51. The normalized spacial score (nSPS) is 12.4. The highest BCUT2D eigenvalue weighted by Gasteiger charge is 2.25. The molecule has 1 aromatic heterocycles. The standard InChI is InChI=1S/C16H22N4O2/c1-12-17-18-15(22-12)11-20(4)16(21)14(19(2)3)10-13-8-6-5-7-9-13/h5-9,14H,10-11H2,1-4H3. The Labute approximate surface area is 130 Å². The van der Waals surface area contributed by atoms with Gasteiger partial charge in [-0.2, -0.15) is 0 Å². The molecule has 1 atom stereocenters. The monoisotopic (exact) mass is 302 g/mol. The van der Waals surface area contributed by atoms with E-state index in [1.807, 2.05) is 49.3 Å². The van der Waals surface area contributed by atoms with Crippen LogP contribution in [0.2, 0.25) is 0 Å². The second kappa shape index (κ2) is 7.17. The summed E-state index contributed by atoms with van der Waals surface area (Å²) in [5, 5.41) is 7.71. The summed E-state index contributed by atoms with van der Waals surface area (Å²) >= 11 is 0. The summed E-state index contributed by atoms with van der Waals surface area (Å²) in [5.41, 5.74) is 1.14. The lowest BCUT2D eigenvalue weighted by molar-refractivity contribution is -0.135. The molecule has 0 aliphatic heterocycles. The van der Waals surface area contributed by atoms with Gasteiger partial charge in [-0.05, 0) is 26.1 Å². The number of rotatable bonds is 6. The zero-order valence-electron chi connectivity index (χ0n) is 13.5. The summed E-state index contributed by atoms with van der Waals surface area (Å²) in [6.45, 7) is 2.05. The summed E-state index contributed by atoms with van der Waals surface area (Å²) in [7, 11) is 5.58. The van der Waals surface area contributed by atoms with Gasteiger partial charge in [0.25, 0.3) is 0 Å². The van der Waals surface area contributed by atoms with Gasteiger partial charge >= 0.3 is 0 Å². The van der Waals surface area contributed by atoms with Gasteiger partial charge < -0.3 is 9.32 Å². The predicted molar refractivity (Wildman–Crippen MR) is 83.1 cm³/mol. The van der Waals surface area contributed by atoms with Crippen molar-refractivity contribution in [3.8, 4) is 0 Å². The first kappa shape index (κ1) is 16.2. The highest BCUT2D eigenvalue weighted by atomic mass is 16.4. The molecule has 0 fully saturated rings. The molecule has 0 aliphatic carbocycles. The summed E-state index contributed by atoms with van der Waals surface area (Å²) in [6.07, 6.45) is 0.667. The molecule has 2 aromatic rings. The molecule has 0 saturated carbocycles. The Hall–Kier alpha value is -2.21. The number of carbonyl (C=O) groups excluding carboxylic acids is 1. The van der Waals surface area contributed by atoms with E-state index in [1.54, 1.807) is 18.9 Å². The van der Waals surface area contributed by atoms with Crippen LogP contribution in [0.4, 0.5) is 0 Å². The molecule has 1 unspecified atom stereocenters. The third kappa shape index (κ3) is 4.14. The summed E-state index contributed by atoms with van der Waals surface area (Å²) < 4.78 is 5.33. The number of aryl methyl sites for hydroxylation is 1. The zero-order valence-corrected chi connectivity index (χ0v) is 13.5. The van der Waals surface area contributed by atoms with E-state index >= 15 is 0 Å². The van der Waals surface area contributed by atoms with Crippen LogP contribution in [-0.4, -0.2) is 53.1 Å². The Morgan fingerprint density at radius 1 is 1.18 bits per heavy atom. The Bertz CT molecular complexity index is 610. The first-order valence-corrected chi connectivity index (χ1v) is 7.21. The number of amides is 1. The Balaban J connectivity index is 2.05. The summed E-state index contributed by atoms with van der Waals surface area (Å²) in [6, 6.07) is 9.78. The van der Waals surface area contributed by atoms with Gasteiger partial charge in [0.15, 0.2) is 0 Å². The van der Waals surface area contributed by atoms with Gasteiger partial charge in [0.2, 0.25) is 17.7 Å². The fraction of sp³-hybridized carbons (Fsp3) is 0.438. The molecule has 0 spiro atoms. The molecule has 118 valence electrons. The van der Waals surface area contributed by atoms with E-state index in [-0.39, 0.29) is 11.9 Å². The molecule has 1 aromatic carbocycles. The van der Waals surface area contributed by atoms with E-state index in [0.717, 1.165) is 5.56 Å². The minimum Gasteiger partial charge on any atom is -0.424 e. The number of benzene rings is 1. The lowest BCUT2D eigenvalue weighted by atomic mass is 10.0. The molecular formula is C16H22N4O2. The average Bonchev–Trinajstić information content (AvgIpc) is 2.90. The van der Waals surface area contributed by atoms with Gasteiger partial charge in [-0.1, -0.05) is 30.3 Å². The van der Waals surface area contributed by atoms with Gasteiger partial charge in [-0.3, -0.25) is 9.69 Å². The third-order valence-electron chi connectivity index (χ3n) is 3.50. The van der Waals surface area contributed by atoms with Crippen LogP contribution >= 0.6 is 0 Å². The third-order valence-corrected chi connectivity index (χ3v) is 3.50. The van der Waals surface area contributed by atoms with Crippen LogP contribution in [0.3, 0.4) is 0 Å². The van der Waals surface area contributed by atoms with Crippen molar-refractivity contribution >= 4 is 5.91 Å². The van der Waals surface area contributed by atoms with E-state index in [2.05, 4.69) is 10.2 Å². The fourth-order valence-electron chi connectivity index (χ4n) is 2.26. The maximum atomic E-state index is 12.7. The van der Waals surface area contributed by atoms with Crippen LogP contribution in [0.15, 0.2) is 34.7 Å². The molecule has 0 bridgehead atoms. The molecule has 0 N–H and O–H groups in total. The summed E-state index contributed by atoms with van der Waals surface area (Å²) in [5.74, 6) is 0.986. The minimum atomic E-state index is -0.226. The highest BCUT2D eigenvalue weighted by Crippen LogP contribution is 2.11. The van der Waals surface area contributed by atoms with E-state index in [1.165, 1.54) is 0 Å². The molecule has 0 aliphatic rings. The van der Waals surface area contributed by atoms with Crippen LogP contribution in [0.25, 0.3) is 0 Å². The van der Waals surface area contributed by atoms with Gasteiger partial charge in [-0.15, -0.1) is 10.2 Å². The second-order valence-electron chi connectivity index (χ2n) is 5.58. The second-order valence-corrected chi connectivity index (χ2v) is 5.58.